The van der Waals surface area contributed by atoms with Crippen molar-refractivity contribution >= 4 is 28.8 Å². The van der Waals surface area contributed by atoms with Gasteiger partial charge in [0.2, 0.25) is 0 Å². The molecule has 0 saturated carbocycles. The summed E-state index contributed by atoms with van der Waals surface area (Å²) in [4.78, 5) is 24.1. The zero-order valence-corrected chi connectivity index (χ0v) is 20.9. The Morgan fingerprint density at radius 2 is 1.86 bits per heavy atom. The maximum Gasteiger partial charge on any atom is 0.251 e. The number of amides is 1. The number of pyridine rings is 1. The van der Waals surface area contributed by atoms with E-state index >= 15 is 0 Å². The van der Waals surface area contributed by atoms with Crippen LogP contribution < -0.4 is 5.32 Å². The van der Waals surface area contributed by atoms with Gasteiger partial charge in [0, 0.05) is 30.6 Å². The molecule has 6 nitrogen and oxygen atoms in total. The largest absolute Gasteiger partial charge is 0.351 e. The number of carbonyl (C=O) groups is 1. The van der Waals surface area contributed by atoms with Crippen molar-refractivity contribution in [2.75, 3.05) is 26.2 Å². The molecule has 35 heavy (non-hydrogen) atoms. The summed E-state index contributed by atoms with van der Waals surface area (Å²) in [5, 5.41) is 3.82. The van der Waals surface area contributed by atoms with E-state index in [1.54, 1.807) is 30.1 Å². The van der Waals surface area contributed by atoms with Crippen LogP contribution in [0.25, 0.3) is 11.2 Å². The fourth-order valence-corrected chi connectivity index (χ4v) is 4.82. The molecule has 0 saturated heterocycles. The SMILES string of the molecule is CCN(CC)CCNC(=O)c1ccc(Cn2c(SCc3cccc(F)c3)nc3cccnc32)cc1. The molecule has 0 radical (unpaired) electrons. The number of likely N-dealkylation sites (N-methyl/N-ethyl adjacent to an activating group) is 1. The number of nitrogens with zero attached hydrogens (tertiary/aromatic N) is 4. The van der Waals surface area contributed by atoms with Crippen LogP contribution in [0.5, 0.6) is 0 Å². The fraction of sp³-hybridized carbons (Fsp3) is 0.296. The van der Waals surface area contributed by atoms with Crippen LogP contribution in [0.4, 0.5) is 4.39 Å². The van der Waals surface area contributed by atoms with Gasteiger partial charge in [0.15, 0.2) is 10.8 Å². The number of aromatic nitrogens is 3. The fourth-order valence-electron chi connectivity index (χ4n) is 3.88. The lowest BCUT2D eigenvalue weighted by Gasteiger charge is -2.18. The molecule has 0 aliphatic carbocycles. The van der Waals surface area contributed by atoms with Gasteiger partial charge in [0.05, 0.1) is 6.54 Å². The normalized spacial score (nSPS) is 11.3. The Labute approximate surface area is 209 Å². The third-order valence-corrected chi connectivity index (χ3v) is 6.94. The van der Waals surface area contributed by atoms with Crippen molar-refractivity contribution in [3.05, 3.63) is 89.4 Å². The summed E-state index contributed by atoms with van der Waals surface area (Å²) >= 11 is 1.55. The number of rotatable bonds is 11. The molecule has 2 aromatic carbocycles. The molecule has 0 aliphatic rings. The minimum absolute atomic E-state index is 0.0650. The third kappa shape index (κ3) is 6.46. The van der Waals surface area contributed by atoms with Gasteiger partial charge in [0.1, 0.15) is 11.3 Å². The third-order valence-electron chi connectivity index (χ3n) is 5.89. The Hall–Kier alpha value is -3.23. The highest BCUT2D eigenvalue weighted by atomic mass is 32.2. The zero-order chi connectivity index (χ0) is 24.6. The first kappa shape index (κ1) is 24.9. The second-order valence-corrected chi connectivity index (χ2v) is 9.17. The monoisotopic (exact) mass is 491 g/mol. The van der Waals surface area contributed by atoms with Crippen LogP contribution in [-0.2, 0) is 12.3 Å². The van der Waals surface area contributed by atoms with Crippen molar-refractivity contribution in [3.63, 3.8) is 0 Å². The maximum atomic E-state index is 13.6. The van der Waals surface area contributed by atoms with Crippen LogP contribution in [0.2, 0.25) is 0 Å². The lowest BCUT2D eigenvalue weighted by atomic mass is 10.1. The molecule has 2 heterocycles. The van der Waals surface area contributed by atoms with Gasteiger partial charge < -0.3 is 10.2 Å². The van der Waals surface area contributed by atoms with Gasteiger partial charge >= 0.3 is 0 Å². The highest BCUT2D eigenvalue weighted by Gasteiger charge is 2.14. The molecule has 2 aromatic heterocycles. The molecule has 0 fully saturated rings. The van der Waals surface area contributed by atoms with Crippen molar-refractivity contribution in [3.8, 4) is 0 Å². The quantitative estimate of drug-likeness (QED) is 0.300. The average Bonchev–Trinajstić information content (AvgIpc) is 3.23. The predicted octanol–water partition coefficient (Wildman–Crippen LogP) is 4.98. The topological polar surface area (TPSA) is 63.1 Å². The molecule has 0 unspecified atom stereocenters. The second-order valence-electron chi connectivity index (χ2n) is 8.22. The summed E-state index contributed by atoms with van der Waals surface area (Å²) in [5.41, 5.74) is 4.20. The Balaban J connectivity index is 1.46. The lowest BCUT2D eigenvalue weighted by molar-refractivity contribution is 0.0949. The number of thioether (sulfide) groups is 1. The van der Waals surface area contributed by atoms with E-state index in [2.05, 4.69) is 33.6 Å². The van der Waals surface area contributed by atoms with Gasteiger partial charge in [-0.1, -0.05) is 49.9 Å². The smallest absolute Gasteiger partial charge is 0.251 e. The Bertz CT molecular complexity index is 1270. The molecule has 0 atom stereocenters. The Morgan fingerprint density at radius 3 is 2.60 bits per heavy atom. The number of fused-ring (bicyclic) bond motifs is 1. The zero-order valence-electron chi connectivity index (χ0n) is 20.1. The van der Waals surface area contributed by atoms with E-state index in [4.69, 9.17) is 4.98 Å². The van der Waals surface area contributed by atoms with Crippen LogP contribution in [0, 0.1) is 5.82 Å². The van der Waals surface area contributed by atoms with Crippen molar-refractivity contribution in [1.29, 1.82) is 0 Å². The van der Waals surface area contributed by atoms with Crippen LogP contribution in [-0.4, -0.2) is 51.5 Å². The summed E-state index contributed by atoms with van der Waals surface area (Å²) in [5.74, 6) is 0.300. The van der Waals surface area contributed by atoms with E-state index < -0.39 is 0 Å². The van der Waals surface area contributed by atoms with E-state index in [1.807, 2.05) is 42.5 Å². The highest BCUT2D eigenvalue weighted by Crippen LogP contribution is 2.27. The maximum absolute atomic E-state index is 13.6. The minimum atomic E-state index is -0.240. The number of carbonyl (C=O) groups excluding carboxylic acids is 1. The van der Waals surface area contributed by atoms with Gasteiger partial charge in [-0.15, -0.1) is 0 Å². The van der Waals surface area contributed by atoms with E-state index in [1.165, 1.54) is 6.07 Å². The number of hydrogen-bond acceptors (Lipinski definition) is 5. The standard InChI is InChI=1S/C27H30FN5OS/c1-3-32(4-2)16-15-30-26(34)22-12-10-20(11-13-22)18-33-25-24(9-6-14-29-25)31-27(33)35-19-21-7-5-8-23(28)17-21/h5-14,17H,3-4,15-16,18-19H2,1-2H3,(H,30,34). The van der Waals surface area contributed by atoms with Crippen molar-refractivity contribution in [1.82, 2.24) is 24.8 Å². The number of halogens is 1. The predicted molar refractivity (Wildman–Crippen MR) is 139 cm³/mol. The van der Waals surface area contributed by atoms with E-state index in [9.17, 15) is 9.18 Å². The van der Waals surface area contributed by atoms with Gasteiger partial charge in [-0.05, 0) is 60.6 Å². The number of nitrogens with one attached hydrogen (secondary N) is 1. The Kier molecular flexibility index (Phi) is 8.50. The number of hydrogen-bond donors (Lipinski definition) is 1. The average molecular weight is 492 g/mol. The first-order valence-electron chi connectivity index (χ1n) is 11.8. The molecular weight excluding hydrogens is 461 g/mol. The van der Waals surface area contributed by atoms with Crippen molar-refractivity contribution in [2.45, 2.75) is 31.3 Å². The van der Waals surface area contributed by atoms with Gasteiger partial charge in [-0.25, -0.2) is 14.4 Å². The summed E-state index contributed by atoms with van der Waals surface area (Å²) in [6.07, 6.45) is 1.76. The number of imidazole rings is 1. The summed E-state index contributed by atoms with van der Waals surface area (Å²) in [7, 11) is 0. The van der Waals surface area contributed by atoms with Gasteiger partial charge in [0.25, 0.3) is 5.91 Å². The molecule has 0 aliphatic heterocycles. The molecule has 1 N–H and O–H groups in total. The molecule has 8 heteroatoms. The molecule has 0 bridgehead atoms. The first-order valence-corrected chi connectivity index (χ1v) is 12.8. The molecule has 4 rings (SSSR count). The Morgan fingerprint density at radius 1 is 1.06 bits per heavy atom. The number of benzene rings is 2. The van der Waals surface area contributed by atoms with Crippen molar-refractivity contribution < 1.29 is 9.18 Å². The summed E-state index contributed by atoms with van der Waals surface area (Å²) in [6, 6.07) is 18.1. The molecular formula is C27H30FN5OS. The van der Waals surface area contributed by atoms with Gasteiger partial charge in [-0.2, -0.15) is 0 Å². The molecule has 182 valence electrons. The van der Waals surface area contributed by atoms with Crippen LogP contribution in [0.3, 0.4) is 0 Å². The molecule has 1 amide bonds. The van der Waals surface area contributed by atoms with Gasteiger partial charge in [-0.3, -0.25) is 9.36 Å². The first-order chi connectivity index (χ1) is 17.1. The van der Waals surface area contributed by atoms with Crippen molar-refractivity contribution in [2.24, 2.45) is 0 Å². The highest BCUT2D eigenvalue weighted by molar-refractivity contribution is 7.98. The van der Waals surface area contributed by atoms with Crippen LogP contribution >= 0.6 is 11.8 Å². The molecule has 4 aromatic rings. The summed E-state index contributed by atoms with van der Waals surface area (Å²) < 4.78 is 15.7. The van der Waals surface area contributed by atoms with Crippen LogP contribution in [0.15, 0.2) is 72.0 Å². The molecule has 0 spiro atoms. The van der Waals surface area contributed by atoms with Crippen LogP contribution in [0.1, 0.15) is 35.3 Å². The van der Waals surface area contributed by atoms with E-state index in [0.29, 0.717) is 24.4 Å². The van der Waals surface area contributed by atoms with E-state index in [-0.39, 0.29) is 11.7 Å². The lowest BCUT2D eigenvalue weighted by Crippen LogP contribution is -2.34. The van der Waals surface area contributed by atoms with E-state index in [0.717, 1.165) is 47.1 Å². The second kappa shape index (κ2) is 12.0. The summed E-state index contributed by atoms with van der Waals surface area (Å²) in [6.45, 7) is 8.23. The minimum Gasteiger partial charge on any atom is -0.351 e.